The first-order valence-corrected chi connectivity index (χ1v) is 6.79. The van der Waals surface area contributed by atoms with Crippen molar-refractivity contribution in [2.24, 2.45) is 0 Å². The maximum Gasteiger partial charge on any atom is 0.251 e. The van der Waals surface area contributed by atoms with Crippen molar-refractivity contribution in [2.45, 2.75) is 6.04 Å². The van der Waals surface area contributed by atoms with Crippen molar-refractivity contribution in [1.82, 2.24) is 5.32 Å². The fourth-order valence-electron chi connectivity index (χ4n) is 1.80. The molecule has 0 saturated heterocycles. The molecule has 0 bridgehead atoms. The van der Waals surface area contributed by atoms with E-state index in [9.17, 15) is 9.90 Å². The zero-order chi connectivity index (χ0) is 14.5. The summed E-state index contributed by atoms with van der Waals surface area (Å²) in [6.45, 7) is -0.183. The van der Waals surface area contributed by atoms with Gasteiger partial charge < -0.3 is 10.4 Å². The van der Waals surface area contributed by atoms with E-state index in [1.165, 1.54) is 6.07 Å². The summed E-state index contributed by atoms with van der Waals surface area (Å²) in [5, 5.41) is 12.9. The van der Waals surface area contributed by atoms with Crippen molar-refractivity contribution in [3.8, 4) is 0 Å². The normalized spacial score (nSPS) is 11.9. The van der Waals surface area contributed by atoms with Crippen molar-refractivity contribution in [1.29, 1.82) is 0 Å². The quantitative estimate of drug-likeness (QED) is 0.908. The molecule has 0 radical (unpaired) electrons. The van der Waals surface area contributed by atoms with E-state index < -0.39 is 6.04 Å². The Kier molecular flexibility index (Phi) is 5.01. The van der Waals surface area contributed by atoms with Gasteiger partial charge in [0, 0.05) is 5.56 Å². The minimum absolute atomic E-state index is 0.183. The first-order valence-electron chi connectivity index (χ1n) is 6.03. The van der Waals surface area contributed by atoms with Gasteiger partial charge in [-0.15, -0.1) is 0 Å². The lowest BCUT2D eigenvalue weighted by molar-refractivity contribution is 0.0916. The number of carbonyl (C=O) groups is 1. The van der Waals surface area contributed by atoms with E-state index in [2.05, 4.69) is 5.32 Å². The summed E-state index contributed by atoms with van der Waals surface area (Å²) in [5.74, 6) is -0.313. The molecule has 3 nitrogen and oxygen atoms in total. The first-order chi connectivity index (χ1) is 9.61. The molecule has 5 heteroatoms. The number of hydrogen-bond acceptors (Lipinski definition) is 2. The predicted octanol–water partition coefficient (Wildman–Crippen LogP) is 3.46. The number of rotatable bonds is 4. The molecule has 0 spiro atoms. The number of halogens is 2. The molecular formula is C15H13Cl2NO2. The molecule has 1 amide bonds. The molecule has 0 saturated carbocycles. The Morgan fingerprint density at radius 2 is 1.80 bits per heavy atom. The highest BCUT2D eigenvalue weighted by Gasteiger charge is 2.15. The van der Waals surface area contributed by atoms with Crippen LogP contribution in [0, 0.1) is 0 Å². The van der Waals surface area contributed by atoms with E-state index in [4.69, 9.17) is 23.2 Å². The van der Waals surface area contributed by atoms with Crippen LogP contribution in [0.1, 0.15) is 22.0 Å². The van der Waals surface area contributed by atoms with Crippen LogP contribution < -0.4 is 5.32 Å². The van der Waals surface area contributed by atoms with Crippen LogP contribution >= 0.6 is 23.2 Å². The monoisotopic (exact) mass is 309 g/mol. The second kappa shape index (κ2) is 6.75. The Morgan fingerprint density at radius 1 is 1.10 bits per heavy atom. The molecule has 0 aromatic heterocycles. The van der Waals surface area contributed by atoms with Crippen molar-refractivity contribution < 1.29 is 9.90 Å². The molecule has 104 valence electrons. The van der Waals surface area contributed by atoms with Crippen LogP contribution in [0.3, 0.4) is 0 Å². The van der Waals surface area contributed by atoms with Gasteiger partial charge >= 0.3 is 0 Å². The highest BCUT2D eigenvalue weighted by Crippen LogP contribution is 2.23. The smallest absolute Gasteiger partial charge is 0.251 e. The summed E-state index contributed by atoms with van der Waals surface area (Å²) in [6.07, 6.45) is 0. The van der Waals surface area contributed by atoms with Gasteiger partial charge in [0.25, 0.3) is 5.91 Å². The zero-order valence-electron chi connectivity index (χ0n) is 10.5. The standard InChI is InChI=1S/C15H13Cl2NO2/c16-12-7-6-11(8-13(12)17)15(20)18-14(9-19)10-4-2-1-3-5-10/h1-8,14,19H,9H2,(H,18,20)/t14-/m1/s1. The summed E-state index contributed by atoms with van der Waals surface area (Å²) in [6, 6.07) is 13.5. The Morgan fingerprint density at radius 3 is 2.40 bits per heavy atom. The molecular weight excluding hydrogens is 297 g/mol. The van der Waals surface area contributed by atoms with Crippen LogP contribution in [-0.4, -0.2) is 17.6 Å². The Balaban J connectivity index is 2.15. The van der Waals surface area contributed by atoms with Gasteiger partial charge in [0.05, 0.1) is 22.7 Å². The molecule has 0 heterocycles. The molecule has 2 aromatic carbocycles. The maximum absolute atomic E-state index is 12.1. The number of nitrogens with one attached hydrogen (secondary N) is 1. The molecule has 20 heavy (non-hydrogen) atoms. The minimum Gasteiger partial charge on any atom is -0.394 e. The molecule has 2 N–H and O–H groups in total. The fraction of sp³-hybridized carbons (Fsp3) is 0.133. The van der Waals surface area contributed by atoms with Crippen molar-refractivity contribution in [3.05, 3.63) is 69.7 Å². The highest BCUT2D eigenvalue weighted by molar-refractivity contribution is 6.42. The molecule has 0 unspecified atom stereocenters. The Hall–Kier alpha value is -1.55. The molecule has 0 aliphatic rings. The van der Waals surface area contributed by atoms with Gasteiger partial charge in [-0.05, 0) is 23.8 Å². The molecule has 0 aliphatic heterocycles. The second-order valence-electron chi connectivity index (χ2n) is 4.25. The van der Waals surface area contributed by atoms with Crippen LogP contribution in [-0.2, 0) is 0 Å². The highest BCUT2D eigenvalue weighted by atomic mass is 35.5. The van der Waals surface area contributed by atoms with E-state index in [1.54, 1.807) is 12.1 Å². The van der Waals surface area contributed by atoms with Crippen LogP contribution in [0.15, 0.2) is 48.5 Å². The van der Waals surface area contributed by atoms with Gasteiger partial charge in [-0.2, -0.15) is 0 Å². The van der Waals surface area contributed by atoms with Crippen molar-refractivity contribution in [3.63, 3.8) is 0 Å². The number of hydrogen-bond donors (Lipinski definition) is 2. The summed E-state index contributed by atoms with van der Waals surface area (Å²) >= 11 is 11.7. The number of aliphatic hydroxyl groups is 1. The second-order valence-corrected chi connectivity index (χ2v) is 5.06. The van der Waals surface area contributed by atoms with Gasteiger partial charge in [-0.25, -0.2) is 0 Å². The average Bonchev–Trinajstić information content (AvgIpc) is 2.48. The molecule has 2 aromatic rings. The summed E-state index contributed by atoms with van der Waals surface area (Å²) in [5.41, 5.74) is 1.23. The largest absolute Gasteiger partial charge is 0.394 e. The number of aliphatic hydroxyl groups excluding tert-OH is 1. The Bertz CT molecular complexity index is 602. The number of amides is 1. The van der Waals surface area contributed by atoms with Crippen LogP contribution in [0.5, 0.6) is 0 Å². The van der Waals surface area contributed by atoms with Crippen LogP contribution in [0.2, 0.25) is 10.0 Å². The lowest BCUT2D eigenvalue weighted by atomic mass is 10.1. The van der Waals surface area contributed by atoms with Gasteiger partial charge in [0.1, 0.15) is 0 Å². The Labute approximate surface area is 127 Å². The third kappa shape index (κ3) is 3.51. The van der Waals surface area contributed by atoms with E-state index in [0.29, 0.717) is 15.6 Å². The van der Waals surface area contributed by atoms with Gasteiger partial charge in [0.2, 0.25) is 0 Å². The predicted molar refractivity (Wildman–Crippen MR) is 80.2 cm³/mol. The topological polar surface area (TPSA) is 49.3 Å². The third-order valence-electron chi connectivity index (χ3n) is 2.87. The van der Waals surface area contributed by atoms with Crippen LogP contribution in [0.25, 0.3) is 0 Å². The lowest BCUT2D eigenvalue weighted by Crippen LogP contribution is -2.30. The van der Waals surface area contributed by atoms with Crippen LogP contribution in [0.4, 0.5) is 0 Å². The summed E-state index contributed by atoms with van der Waals surface area (Å²) in [4.78, 5) is 12.1. The van der Waals surface area contributed by atoms with Crippen molar-refractivity contribution in [2.75, 3.05) is 6.61 Å². The molecule has 2 rings (SSSR count). The van der Waals surface area contributed by atoms with Crippen molar-refractivity contribution >= 4 is 29.1 Å². The van der Waals surface area contributed by atoms with Gasteiger partial charge in [-0.1, -0.05) is 53.5 Å². The maximum atomic E-state index is 12.1. The van der Waals surface area contributed by atoms with E-state index in [0.717, 1.165) is 5.56 Å². The average molecular weight is 310 g/mol. The van der Waals surface area contributed by atoms with E-state index in [-0.39, 0.29) is 12.5 Å². The fourth-order valence-corrected chi connectivity index (χ4v) is 2.10. The van der Waals surface area contributed by atoms with E-state index in [1.807, 2.05) is 30.3 Å². The zero-order valence-corrected chi connectivity index (χ0v) is 12.0. The summed E-state index contributed by atoms with van der Waals surface area (Å²) < 4.78 is 0. The lowest BCUT2D eigenvalue weighted by Gasteiger charge is -2.16. The summed E-state index contributed by atoms with van der Waals surface area (Å²) in [7, 11) is 0. The van der Waals surface area contributed by atoms with Gasteiger partial charge in [-0.3, -0.25) is 4.79 Å². The number of benzene rings is 2. The van der Waals surface area contributed by atoms with E-state index >= 15 is 0 Å². The molecule has 0 aliphatic carbocycles. The molecule has 0 fully saturated rings. The minimum atomic E-state index is -0.460. The first kappa shape index (κ1) is 14.9. The number of carbonyl (C=O) groups excluding carboxylic acids is 1. The third-order valence-corrected chi connectivity index (χ3v) is 3.61. The SMILES string of the molecule is O=C(N[C@H](CO)c1ccccc1)c1ccc(Cl)c(Cl)c1. The van der Waals surface area contributed by atoms with Gasteiger partial charge in [0.15, 0.2) is 0 Å². The molecule has 1 atom stereocenters.